The van der Waals surface area contributed by atoms with E-state index in [1.165, 1.54) is 11.3 Å². The molecule has 2 aromatic rings. The summed E-state index contributed by atoms with van der Waals surface area (Å²) in [5.74, 6) is -0.0741. The molecule has 5 heteroatoms. The normalized spacial score (nSPS) is 11.1. The van der Waals surface area contributed by atoms with Gasteiger partial charge in [0.1, 0.15) is 0 Å². The molecule has 1 heterocycles. The summed E-state index contributed by atoms with van der Waals surface area (Å²) >= 11 is 1.44. The highest BCUT2D eigenvalue weighted by Gasteiger charge is 2.10. The fourth-order valence-electron chi connectivity index (χ4n) is 1.64. The van der Waals surface area contributed by atoms with Crippen molar-refractivity contribution < 1.29 is 4.79 Å². The first kappa shape index (κ1) is 13.0. The van der Waals surface area contributed by atoms with Gasteiger partial charge in [-0.1, -0.05) is 12.1 Å². The highest BCUT2D eigenvalue weighted by molar-refractivity contribution is 7.20. The van der Waals surface area contributed by atoms with Gasteiger partial charge in [0, 0.05) is 6.54 Å². The van der Waals surface area contributed by atoms with Gasteiger partial charge in [-0.2, -0.15) is 0 Å². The first-order chi connectivity index (χ1) is 8.66. The molecule has 4 nitrogen and oxygen atoms in total. The van der Waals surface area contributed by atoms with Crippen LogP contribution in [0.5, 0.6) is 0 Å². The van der Waals surface area contributed by atoms with Crippen LogP contribution in [0.15, 0.2) is 24.3 Å². The molecule has 0 saturated carbocycles. The summed E-state index contributed by atoms with van der Waals surface area (Å²) in [6.07, 6.45) is 0.948. The van der Waals surface area contributed by atoms with Gasteiger partial charge in [0.25, 0.3) is 5.91 Å². The van der Waals surface area contributed by atoms with Gasteiger partial charge in [0.05, 0.1) is 10.2 Å². The Bertz CT molecular complexity index is 503. The Morgan fingerprint density at radius 3 is 2.89 bits per heavy atom. The molecule has 0 fully saturated rings. The van der Waals surface area contributed by atoms with Crippen LogP contribution in [0, 0.1) is 0 Å². The van der Waals surface area contributed by atoms with Gasteiger partial charge in [0.2, 0.25) is 0 Å². The summed E-state index contributed by atoms with van der Waals surface area (Å²) in [6, 6.07) is 7.80. The summed E-state index contributed by atoms with van der Waals surface area (Å²) in [6.45, 7) is 1.66. The Hall–Kier alpha value is -1.46. The van der Waals surface area contributed by atoms with Crippen molar-refractivity contribution in [3.8, 4) is 0 Å². The zero-order valence-corrected chi connectivity index (χ0v) is 11.5. The summed E-state index contributed by atoms with van der Waals surface area (Å²) in [4.78, 5) is 18.3. The first-order valence-electron chi connectivity index (χ1n) is 5.95. The van der Waals surface area contributed by atoms with E-state index in [0.717, 1.165) is 23.2 Å². The van der Waals surface area contributed by atoms with Gasteiger partial charge >= 0.3 is 0 Å². The van der Waals surface area contributed by atoms with Gasteiger partial charge in [-0.3, -0.25) is 4.79 Å². The average molecular weight is 263 g/mol. The Morgan fingerprint density at radius 2 is 2.17 bits per heavy atom. The summed E-state index contributed by atoms with van der Waals surface area (Å²) in [5, 5.41) is 3.44. The molecule has 0 aliphatic heterocycles. The number of hydrogen-bond donors (Lipinski definition) is 1. The van der Waals surface area contributed by atoms with E-state index in [-0.39, 0.29) is 5.91 Å². The molecule has 0 saturated heterocycles. The van der Waals surface area contributed by atoms with E-state index in [4.69, 9.17) is 0 Å². The summed E-state index contributed by atoms with van der Waals surface area (Å²) in [7, 11) is 4.05. The maximum Gasteiger partial charge on any atom is 0.280 e. The number of fused-ring (bicyclic) bond motifs is 1. The van der Waals surface area contributed by atoms with Crippen molar-refractivity contribution in [3.63, 3.8) is 0 Å². The topological polar surface area (TPSA) is 45.2 Å². The number of hydrogen-bond acceptors (Lipinski definition) is 4. The number of rotatable bonds is 5. The number of nitrogens with zero attached hydrogens (tertiary/aromatic N) is 2. The molecule has 1 amide bonds. The first-order valence-corrected chi connectivity index (χ1v) is 6.77. The predicted molar refractivity (Wildman–Crippen MR) is 75.1 cm³/mol. The van der Waals surface area contributed by atoms with Crippen LogP contribution in [-0.4, -0.2) is 43.0 Å². The molecule has 18 heavy (non-hydrogen) atoms. The Kier molecular flexibility index (Phi) is 4.28. The molecule has 0 spiro atoms. The maximum absolute atomic E-state index is 11.9. The monoisotopic (exact) mass is 263 g/mol. The molecule has 96 valence electrons. The third-order valence-corrected chi connectivity index (χ3v) is 3.59. The van der Waals surface area contributed by atoms with Crippen LogP contribution in [0.2, 0.25) is 0 Å². The van der Waals surface area contributed by atoms with Crippen molar-refractivity contribution in [3.05, 3.63) is 29.3 Å². The lowest BCUT2D eigenvalue weighted by molar-refractivity contribution is 0.0952. The Morgan fingerprint density at radius 1 is 1.39 bits per heavy atom. The van der Waals surface area contributed by atoms with Crippen LogP contribution < -0.4 is 5.32 Å². The second-order valence-corrected chi connectivity index (χ2v) is 5.43. The minimum absolute atomic E-state index is 0.0741. The number of carbonyl (C=O) groups is 1. The van der Waals surface area contributed by atoms with Crippen molar-refractivity contribution in [2.75, 3.05) is 27.2 Å². The molecular formula is C13H17N3OS. The Balaban J connectivity index is 1.92. The van der Waals surface area contributed by atoms with Gasteiger partial charge in [-0.15, -0.1) is 11.3 Å². The van der Waals surface area contributed by atoms with Crippen LogP contribution in [0.25, 0.3) is 10.2 Å². The number of thiazole rings is 1. The molecule has 0 atom stereocenters. The van der Waals surface area contributed by atoms with Gasteiger partial charge in [-0.05, 0) is 39.2 Å². The Labute approximate surface area is 111 Å². The van der Waals surface area contributed by atoms with E-state index in [1.807, 2.05) is 38.4 Å². The summed E-state index contributed by atoms with van der Waals surface area (Å²) < 4.78 is 1.05. The lowest BCUT2D eigenvalue weighted by Gasteiger charge is -2.08. The van der Waals surface area contributed by atoms with Crippen molar-refractivity contribution in [1.29, 1.82) is 0 Å². The smallest absolute Gasteiger partial charge is 0.280 e. The standard InChI is InChI=1S/C13H17N3OS/c1-16(2)9-5-8-14-12(17)13-15-10-6-3-4-7-11(10)18-13/h3-4,6-7H,5,8-9H2,1-2H3,(H,14,17). The van der Waals surface area contributed by atoms with E-state index in [1.54, 1.807) is 0 Å². The lowest BCUT2D eigenvalue weighted by Crippen LogP contribution is -2.26. The van der Waals surface area contributed by atoms with Crippen molar-refractivity contribution >= 4 is 27.5 Å². The zero-order chi connectivity index (χ0) is 13.0. The molecule has 1 aromatic carbocycles. The number of benzene rings is 1. The number of carbonyl (C=O) groups excluding carboxylic acids is 1. The maximum atomic E-state index is 11.9. The van der Waals surface area contributed by atoms with E-state index in [0.29, 0.717) is 11.6 Å². The molecule has 0 radical (unpaired) electrons. The van der Waals surface area contributed by atoms with Gasteiger partial charge in [0.15, 0.2) is 5.01 Å². The van der Waals surface area contributed by atoms with Crippen LogP contribution in [0.3, 0.4) is 0 Å². The number of amides is 1. The van der Waals surface area contributed by atoms with Gasteiger partial charge < -0.3 is 10.2 Å². The third-order valence-electron chi connectivity index (χ3n) is 2.56. The predicted octanol–water partition coefficient (Wildman–Crippen LogP) is 1.98. The quantitative estimate of drug-likeness (QED) is 0.839. The third kappa shape index (κ3) is 3.27. The van der Waals surface area contributed by atoms with E-state index < -0.39 is 0 Å². The average Bonchev–Trinajstić information content (AvgIpc) is 2.78. The molecule has 0 unspecified atom stereocenters. The second kappa shape index (κ2) is 5.93. The van der Waals surface area contributed by atoms with E-state index in [2.05, 4.69) is 15.2 Å². The molecule has 1 N–H and O–H groups in total. The van der Waals surface area contributed by atoms with E-state index in [9.17, 15) is 4.79 Å². The molecule has 0 aliphatic carbocycles. The molecule has 2 rings (SSSR count). The number of nitrogens with one attached hydrogen (secondary N) is 1. The second-order valence-electron chi connectivity index (χ2n) is 4.40. The SMILES string of the molecule is CN(C)CCCNC(=O)c1nc2ccccc2s1. The minimum Gasteiger partial charge on any atom is -0.350 e. The number of para-hydroxylation sites is 1. The minimum atomic E-state index is -0.0741. The lowest BCUT2D eigenvalue weighted by atomic mass is 10.3. The van der Waals surface area contributed by atoms with Gasteiger partial charge in [-0.25, -0.2) is 4.98 Å². The largest absolute Gasteiger partial charge is 0.350 e. The van der Waals surface area contributed by atoms with Crippen LogP contribution in [0.4, 0.5) is 0 Å². The highest BCUT2D eigenvalue weighted by atomic mass is 32.1. The highest BCUT2D eigenvalue weighted by Crippen LogP contribution is 2.21. The fourth-order valence-corrected chi connectivity index (χ4v) is 2.52. The molecular weight excluding hydrogens is 246 g/mol. The molecule has 0 aliphatic rings. The summed E-state index contributed by atoms with van der Waals surface area (Å²) in [5.41, 5.74) is 0.890. The fraction of sp³-hybridized carbons (Fsp3) is 0.385. The zero-order valence-electron chi connectivity index (χ0n) is 10.6. The molecule has 0 bridgehead atoms. The van der Waals surface area contributed by atoms with Crippen molar-refractivity contribution in [1.82, 2.24) is 15.2 Å². The van der Waals surface area contributed by atoms with Crippen molar-refractivity contribution in [2.45, 2.75) is 6.42 Å². The van der Waals surface area contributed by atoms with Crippen LogP contribution >= 0.6 is 11.3 Å². The molecule has 1 aromatic heterocycles. The van der Waals surface area contributed by atoms with E-state index >= 15 is 0 Å². The van der Waals surface area contributed by atoms with Crippen LogP contribution in [-0.2, 0) is 0 Å². The van der Waals surface area contributed by atoms with Crippen LogP contribution in [0.1, 0.15) is 16.2 Å². The van der Waals surface area contributed by atoms with Crippen molar-refractivity contribution in [2.24, 2.45) is 0 Å². The number of aromatic nitrogens is 1.